The predicted octanol–water partition coefficient (Wildman–Crippen LogP) is 0.116. The molecule has 0 amide bonds. The van der Waals surface area contributed by atoms with Crippen molar-refractivity contribution >= 4 is 16.5 Å². The third-order valence-corrected chi connectivity index (χ3v) is 3.47. The third-order valence-electron chi connectivity index (χ3n) is 2.36. The first-order valence-electron chi connectivity index (χ1n) is 4.76. The molecule has 0 aliphatic carbocycles. The summed E-state index contributed by atoms with van der Waals surface area (Å²) in [5.74, 6) is 0. The van der Waals surface area contributed by atoms with Crippen LogP contribution in [-0.2, 0) is 13.4 Å². The summed E-state index contributed by atoms with van der Waals surface area (Å²) in [4.78, 5) is 15.3. The van der Waals surface area contributed by atoms with Crippen LogP contribution in [0.1, 0.15) is 6.92 Å². The highest BCUT2D eigenvalue weighted by molar-refractivity contribution is 7.46. The summed E-state index contributed by atoms with van der Waals surface area (Å²) >= 11 is 0. The van der Waals surface area contributed by atoms with Crippen molar-refractivity contribution in [2.75, 3.05) is 21.1 Å². The van der Waals surface area contributed by atoms with Crippen LogP contribution in [0, 0.1) is 0 Å². The fourth-order valence-corrected chi connectivity index (χ4v) is 1.52. The number of hydrogen-bond acceptors (Lipinski definition) is 7. The molecule has 11 heteroatoms. The molecule has 1 aliphatic rings. The van der Waals surface area contributed by atoms with Crippen molar-refractivity contribution < 1.29 is 23.2 Å². The summed E-state index contributed by atoms with van der Waals surface area (Å²) in [5, 5.41) is 5.89. The van der Waals surface area contributed by atoms with Crippen LogP contribution in [0.4, 0.5) is 0 Å². The Bertz CT molecular complexity index is 339. The summed E-state index contributed by atoms with van der Waals surface area (Å²) in [6.07, 6.45) is 3.92. The number of rotatable bonds is 2. The summed E-state index contributed by atoms with van der Waals surface area (Å²) < 4.78 is 22.2. The quantitative estimate of drug-likeness (QED) is 0.610. The summed E-state index contributed by atoms with van der Waals surface area (Å²) in [5.41, 5.74) is 5.57. The van der Waals surface area contributed by atoms with Crippen LogP contribution in [0.3, 0.4) is 0 Å². The van der Waals surface area contributed by atoms with E-state index in [1.807, 2.05) is 55.5 Å². The Labute approximate surface area is 107 Å². The second-order valence-corrected chi connectivity index (χ2v) is 5.29. The van der Waals surface area contributed by atoms with Crippen LogP contribution < -0.4 is 5.73 Å². The van der Waals surface area contributed by atoms with Crippen molar-refractivity contribution in [3.05, 3.63) is 12.3 Å². The Morgan fingerprint density at radius 2 is 1.67 bits per heavy atom. The molecule has 0 aromatic heterocycles. The van der Waals surface area contributed by atoms with Gasteiger partial charge < -0.3 is 10.7 Å². The largest absolute Gasteiger partial charge is 0.745 e. The highest BCUT2D eigenvalue weighted by Crippen LogP contribution is 2.30. The topological polar surface area (TPSA) is 120 Å². The van der Waals surface area contributed by atoms with Crippen molar-refractivity contribution in [3.8, 4) is 0 Å². The molecule has 104 valence electrons. The van der Waals surface area contributed by atoms with E-state index in [0.717, 1.165) is 0 Å². The summed E-state index contributed by atoms with van der Waals surface area (Å²) in [6, 6.07) is 0. The fraction of sp³-hybridized carbons (Fsp3) is 0.714. The average molecular weight is 300 g/mol. The highest BCUT2D eigenvalue weighted by atomic mass is 31.2. The van der Waals surface area contributed by atoms with Crippen molar-refractivity contribution in [1.29, 1.82) is 0 Å². The van der Waals surface area contributed by atoms with Crippen LogP contribution in [0.25, 0.3) is 0 Å². The molecule has 0 saturated heterocycles. The molecule has 0 bridgehead atoms. The molecule has 3 atom stereocenters. The van der Waals surface area contributed by atoms with Crippen molar-refractivity contribution in [2.45, 2.75) is 12.6 Å². The zero-order valence-electron chi connectivity index (χ0n) is 10.6. The van der Waals surface area contributed by atoms with Crippen LogP contribution >= 0.6 is 16.5 Å². The van der Waals surface area contributed by atoms with E-state index < -0.39 is 16.5 Å². The number of hydrogen-bond donors (Lipinski definition) is 3. The lowest BCUT2D eigenvalue weighted by Gasteiger charge is -2.46. The minimum absolute atomic E-state index is 0.374. The molecule has 0 radical (unpaired) electrons. The highest BCUT2D eigenvalue weighted by Gasteiger charge is 2.31. The normalized spacial score (nSPS) is 26.5. The number of hydrazine groups is 2. The molecule has 3 unspecified atom stereocenters. The van der Waals surface area contributed by atoms with Gasteiger partial charge in [-0.3, -0.25) is 0 Å². The number of likely N-dealkylation sites (N-methyl/N-ethyl adjacent to an activating group) is 1. The van der Waals surface area contributed by atoms with Gasteiger partial charge in [0.2, 0.25) is 0 Å². The van der Waals surface area contributed by atoms with Crippen LogP contribution in [0.15, 0.2) is 12.3 Å². The molecule has 18 heavy (non-hydrogen) atoms. The molecular formula is C7H18N4O5P2+2. The average Bonchev–Trinajstić information content (AvgIpc) is 2.21. The smallest absolute Gasteiger partial charge is 0.309 e. The van der Waals surface area contributed by atoms with E-state index in [0.29, 0.717) is 0 Å². The lowest BCUT2D eigenvalue weighted by atomic mass is 10.2. The van der Waals surface area contributed by atoms with E-state index in [9.17, 15) is 9.13 Å². The Hall–Kier alpha value is -0.500. The van der Waals surface area contributed by atoms with E-state index in [1.54, 1.807) is 0 Å². The van der Waals surface area contributed by atoms with Gasteiger partial charge >= 0.3 is 16.5 Å². The first kappa shape index (κ1) is 17.5. The molecule has 0 aromatic carbocycles. The van der Waals surface area contributed by atoms with E-state index in [-0.39, 0.29) is 5.66 Å². The van der Waals surface area contributed by atoms with Gasteiger partial charge in [-0.15, -0.1) is 9.79 Å². The zero-order valence-corrected chi connectivity index (χ0v) is 12.4. The molecule has 9 nitrogen and oxygen atoms in total. The maximum atomic E-state index is 9.39. The third kappa shape index (κ3) is 5.90. The number of nitrogens with zero attached hydrogens (tertiary/aromatic N) is 3. The Morgan fingerprint density at radius 1 is 1.22 bits per heavy atom. The SMILES string of the molecule is CN1C=CC(C)(N)N(C)N1C.O=[P+](O)O[P+](=O)O. The molecule has 1 aliphatic heterocycles. The molecule has 0 saturated carbocycles. The standard InChI is InChI=1S/C7H16N4.O5P2/c1-7(8)5-6-9(2)11(4)10(7)3;1-6(2)5-7(3)4/h5-6H,8H2,1-4H3;/p+2. The van der Waals surface area contributed by atoms with Gasteiger partial charge in [-0.1, -0.05) is 0 Å². The molecule has 1 heterocycles. The van der Waals surface area contributed by atoms with Gasteiger partial charge in [0, 0.05) is 36.5 Å². The van der Waals surface area contributed by atoms with Crippen LogP contribution in [0.5, 0.6) is 0 Å². The van der Waals surface area contributed by atoms with Gasteiger partial charge in [0.1, 0.15) is 5.66 Å². The van der Waals surface area contributed by atoms with E-state index in [1.165, 1.54) is 0 Å². The summed E-state index contributed by atoms with van der Waals surface area (Å²) in [7, 11) is 0.0524. The molecular weight excluding hydrogens is 282 g/mol. The van der Waals surface area contributed by atoms with Gasteiger partial charge in [-0.05, 0) is 13.0 Å². The maximum Gasteiger partial charge on any atom is 0.745 e. The monoisotopic (exact) mass is 300 g/mol. The van der Waals surface area contributed by atoms with Gasteiger partial charge in [-0.2, -0.15) is 5.12 Å². The molecule has 0 aromatic rings. The van der Waals surface area contributed by atoms with Crippen molar-refractivity contribution in [3.63, 3.8) is 0 Å². The molecule has 1 rings (SSSR count). The zero-order chi connectivity index (χ0) is 14.5. The first-order chi connectivity index (χ1) is 8.08. The Kier molecular flexibility index (Phi) is 6.98. The van der Waals surface area contributed by atoms with Crippen LogP contribution in [0.2, 0.25) is 0 Å². The summed E-state index contributed by atoms with van der Waals surface area (Å²) in [6.45, 7) is 1.97. The maximum absolute atomic E-state index is 9.39. The fourth-order valence-electron chi connectivity index (χ4n) is 1.05. The Balaban J connectivity index is 0.000000360. The second kappa shape index (κ2) is 7.18. The van der Waals surface area contributed by atoms with Gasteiger partial charge in [0.25, 0.3) is 0 Å². The first-order valence-corrected chi connectivity index (χ1v) is 7.03. The number of nitrogens with two attached hydrogens (primary N) is 1. The van der Waals surface area contributed by atoms with Crippen LogP contribution in [-0.4, -0.2) is 51.7 Å². The van der Waals surface area contributed by atoms with Gasteiger partial charge in [0.15, 0.2) is 4.31 Å². The minimum Gasteiger partial charge on any atom is -0.309 e. The van der Waals surface area contributed by atoms with Crippen molar-refractivity contribution in [2.24, 2.45) is 5.73 Å². The Morgan fingerprint density at radius 3 is 1.94 bits per heavy atom. The lowest BCUT2D eigenvalue weighted by Crippen LogP contribution is -2.62. The second-order valence-electron chi connectivity index (χ2n) is 3.69. The van der Waals surface area contributed by atoms with Gasteiger partial charge in [-0.25, -0.2) is 5.01 Å². The van der Waals surface area contributed by atoms with Gasteiger partial charge in [0.05, 0.1) is 0 Å². The van der Waals surface area contributed by atoms with Crippen molar-refractivity contribution in [1.82, 2.24) is 15.1 Å². The molecule has 0 fully saturated rings. The van der Waals surface area contributed by atoms with E-state index in [4.69, 9.17) is 15.5 Å². The van der Waals surface area contributed by atoms with E-state index in [2.05, 4.69) is 4.31 Å². The predicted molar refractivity (Wildman–Crippen MR) is 65.8 cm³/mol. The lowest BCUT2D eigenvalue weighted by molar-refractivity contribution is -0.164. The minimum atomic E-state index is -2.92. The molecule has 4 N–H and O–H groups in total. The van der Waals surface area contributed by atoms with E-state index >= 15 is 0 Å². The molecule has 0 spiro atoms.